The van der Waals surface area contributed by atoms with Crippen molar-refractivity contribution in [1.29, 1.82) is 0 Å². The van der Waals surface area contributed by atoms with Crippen molar-refractivity contribution in [2.24, 2.45) is 4.74 Å². The van der Waals surface area contributed by atoms with Crippen LogP contribution in [0.3, 0.4) is 0 Å². The van der Waals surface area contributed by atoms with E-state index in [1.165, 1.54) is 14.2 Å². The lowest BCUT2D eigenvalue weighted by Gasteiger charge is -2.28. The van der Waals surface area contributed by atoms with Crippen LogP contribution in [0.5, 0.6) is 0 Å². The van der Waals surface area contributed by atoms with Gasteiger partial charge in [0.1, 0.15) is 11.7 Å². The van der Waals surface area contributed by atoms with Crippen molar-refractivity contribution >= 4 is 40.9 Å². The van der Waals surface area contributed by atoms with Crippen LogP contribution < -0.4 is 15.9 Å². The second-order valence-electron chi connectivity index (χ2n) is 9.11. The Hall–Kier alpha value is -4.42. The summed E-state index contributed by atoms with van der Waals surface area (Å²) < 4.78 is 27.1. The Bertz CT molecular complexity index is 1430. The summed E-state index contributed by atoms with van der Waals surface area (Å²) in [5.41, 5.74) is -0.615. The molecular weight excluding hydrogens is 541 g/mol. The lowest BCUT2D eigenvalue weighted by atomic mass is 9.97. The summed E-state index contributed by atoms with van der Waals surface area (Å²) in [5.74, 6) is -2.66. The molecule has 1 aliphatic heterocycles. The number of nitrogens with zero attached hydrogens (tertiary/aromatic N) is 1. The normalized spacial score (nSPS) is 15.4. The number of hydrogen-bond acceptors (Lipinski definition) is 8. The minimum Gasteiger partial charge on any atom is -0.474 e. The average molecular weight is 574 g/mol. The second kappa shape index (κ2) is 13.3. The minimum absolute atomic E-state index is 0.0170. The summed E-state index contributed by atoms with van der Waals surface area (Å²) in [6.45, 7) is 3.38. The molecule has 0 N–H and O–H groups in total. The predicted octanol–water partition coefficient (Wildman–Crippen LogP) is 4.39. The molecule has 41 heavy (non-hydrogen) atoms. The van der Waals surface area contributed by atoms with E-state index >= 15 is 0 Å². The molecule has 1 heterocycles. The van der Waals surface area contributed by atoms with Gasteiger partial charge in [0.15, 0.2) is 0 Å². The van der Waals surface area contributed by atoms with E-state index in [1.54, 1.807) is 13.8 Å². The summed E-state index contributed by atoms with van der Waals surface area (Å²) in [6, 6.07) is 29.2. The molecule has 8 nitrogen and oxygen atoms in total. The first kappa shape index (κ1) is 29.6. The molecular formula is C32H32NO7P. The van der Waals surface area contributed by atoms with Crippen molar-refractivity contribution < 1.29 is 33.3 Å². The number of esters is 3. The molecule has 0 aromatic heterocycles. The van der Waals surface area contributed by atoms with Gasteiger partial charge in [-0.2, -0.15) is 0 Å². The Morgan fingerprint density at radius 2 is 1.22 bits per heavy atom. The summed E-state index contributed by atoms with van der Waals surface area (Å²) >= 11 is 0. The molecule has 0 radical (unpaired) electrons. The number of carbonyl (C=O) groups excluding carboxylic acids is 3. The second-order valence-corrected chi connectivity index (χ2v) is 12.1. The van der Waals surface area contributed by atoms with Crippen molar-refractivity contribution in [1.82, 2.24) is 0 Å². The lowest BCUT2D eigenvalue weighted by molar-refractivity contribution is -0.142. The zero-order valence-electron chi connectivity index (χ0n) is 23.4. The number of ether oxygens (including phenoxy) is 4. The largest absolute Gasteiger partial charge is 0.474 e. The van der Waals surface area contributed by atoms with Crippen LogP contribution in [0, 0.1) is 0 Å². The van der Waals surface area contributed by atoms with Crippen LogP contribution in [0.1, 0.15) is 20.3 Å². The van der Waals surface area contributed by atoms with E-state index in [2.05, 4.69) is 0 Å². The van der Waals surface area contributed by atoms with Gasteiger partial charge in [-0.1, -0.05) is 91.0 Å². The van der Waals surface area contributed by atoms with Crippen LogP contribution in [0.25, 0.3) is 0 Å². The zero-order valence-corrected chi connectivity index (χ0v) is 24.3. The molecule has 0 saturated heterocycles. The minimum atomic E-state index is -2.93. The van der Waals surface area contributed by atoms with E-state index in [1.807, 2.05) is 91.0 Å². The monoisotopic (exact) mass is 573 g/mol. The molecule has 1 aliphatic rings. The molecule has 3 aromatic carbocycles. The predicted molar refractivity (Wildman–Crippen MR) is 157 cm³/mol. The van der Waals surface area contributed by atoms with E-state index in [9.17, 15) is 14.4 Å². The van der Waals surface area contributed by atoms with Crippen molar-refractivity contribution in [3.8, 4) is 0 Å². The quantitative estimate of drug-likeness (QED) is 0.224. The fraction of sp³-hybridized carbons (Fsp3) is 0.219. The molecule has 0 bridgehead atoms. The third kappa shape index (κ3) is 6.03. The Kier molecular flexibility index (Phi) is 9.58. The van der Waals surface area contributed by atoms with E-state index in [4.69, 9.17) is 23.7 Å². The van der Waals surface area contributed by atoms with Gasteiger partial charge >= 0.3 is 17.9 Å². The number of benzene rings is 3. The van der Waals surface area contributed by atoms with Crippen LogP contribution >= 0.6 is 7.05 Å². The number of methoxy groups -OCH3 is 2. The van der Waals surface area contributed by atoms with Crippen molar-refractivity contribution in [2.45, 2.75) is 26.4 Å². The van der Waals surface area contributed by atoms with Gasteiger partial charge in [0.05, 0.1) is 39.0 Å². The van der Waals surface area contributed by atoms with E-state index in [0.717, 1.165) is 15.9 Å². The van der Waals surface area contributed by atoms with E-state index in [-0.39, 0.29) is 35.6 Å². The van der Waals surface area contributed by atoms with E-state index < -0.39 is 31.1 Å². The van der Waals surface area contributed by atoms with Crippen LogP contribution in [-0.4, -0.2) is 44.8 Å². The Morgan fingerprint density at radius 3 is 1.63 bits per heavy atom. The maximum Gasteiger partial charge on any atom is 0.344 e. The molecule has 4 rings (SSSR count). The van der Waals surface area contributed by atoms with Gasteiger partial charge in [0.25, 0.3) is 0 Å². The summed E-state index contributed by atoms with van der Waals surface area (Å²) in [6.07, 6.45) is -0.674. The van der Waals surface area contributed by atoms with Gasteiger partial charge in [-0.05, 0) is 13.8 Å². The van der Waals surface area contributed by atoms with Crippen molar-refractivity contribution in [3.05, 3.63) is 114 Å². The van der Waals surface area contributed by atoms with Gasteiger partial charge in [-0.25, -0.2) is 19.1 Å². The standard InChI is InChI=1S/C32H32NO7P/c1-5-39-32(36)27-26(30(34)37-3)21-22(2)40-29(28(27)31(35)38-4)33-41(23-15-9-6-10-16-23,24-17-11-7-12-18-24)25-19-13-8-14-20-25/h6-20,22H,5,21H2,1-4H3. The molecule has 0 aliphatic carbocycles. The lowest BCUT2D eigenvalue weighted by Crippen LogP contribution is -2.26. The third-order valence-corrected chi connectivity index (χ3v) is 10.1. The maximum absolute atomic E-state index is 13.5. The Morgan fingerprint density at radius 1 is 0.756 bits per heavy atom. The summed E-state index contributed by atoms with van der Waals surface area (Å²) in [4.78, 5) is 39.9. The summed E-state index contributed by atoms with van der Waals surface area (Å²) in [5, 5.41) is 2.68. The molecule has 3 aromatic rings. The highest BCUT2D eigenvalue weighted by Gasteiger charge is 2.39. The first-order chi connectivity index (χ1) is 19.9. The highest BCUT2D eigenvalue weighted by molar-refractivity contribution is 7.87. The molecule has 9 heteroatoms. The van der Waals surface area contributed by atoms with Crippen LogP contribution in [0.2, 0.25) is 0 Å². The van der Waals surface area contributed by atoms with Crippen LogP contribution in [0.15, 0.2) is 118 Å². The van der Waals surface area contributed by atoms with E-state index in [0.29, 0.717) is 0 Å². The molecule has 1 unspecified atom stereocenters. The highest BCUT2D eigenvalue weighted by atomic mass is 31.2. The molecule has 0 saturated carbocycles. The van der Waals surface area contributed by atoms with Crippen LogP contribution in [-0.2, 0) is 33.3 Å². The fourth-order valence-electron chi connectivity index (χ4n) is 4.73. The van der Waals surface area contributed by atoms with Crippen molar-refractivity contribution in [2.75, 3.05) is 20.8 Å². The third-order valence-electron chi connectivity index (χ3n) is 6.50. The molecule has 0 amide bonds. The first-order valence-corrected chi connectivity index (χ1v) is 14.9. The van der Waals surface area contributed by atoms with Gasteiger partial charge in [-0.3, -0.25) is 0 Å². The first-order valence-electron chi connectivity index (χ1n) is 13.1. The van der Waals surface area contributed by atoms with Gasteiger partial charge in [0.2, 0.25) is 5.88 Å². The Labute approximate surface area is 239 Å². The molecule has 1 atom stereocenters. The molecule has 0 fully saturated rings. The molecule has 0 spiro atoms. The summed E-state index contributed by atoms with van der Waals surface area (Å²) in [7, 11) is -0.537. The van der Waals surface area contributed by atoms with Crippen LogP contribution in [0.4, 0.5) is 0 Å². The Balaban J connectivity index is 2.25. The number of carbonyl (C=O) groups is 3. The number of rotatable bonds is 8. The van der Waals surface area contributed by atoms with Crippen molar-refractivity contribution in [3.63, 3.8) is 0 Å². The zero-order chi connectivity index (χ0) is 29.4. The number of hydrogen-bond donors (Lipinski definition) is 0. The fourth-order valence-corrected chi connectivity index (χ4v) is 8.20. The van der Waals surface area contributed by atoms with Gasteiger partial charge in [0, 0.05) is 22.3 Å². The SMILES string of the molecule is CCOC(=O)C1=C(C(=O)OC)CC(C)OC(N=P(c2ccccc2)(c2ccccc2)c2ccccc2)=C1C(=O)OC. The van der Waals surface area contributed by atoms with Gasteiger partial charge in [-0.15, -0.1) is 0 Å². The highest BCUT2D eigenvalue weighted by Crippen LogP contribution is 2.49. The molecule has 212 valence electrons. The topological polar surface area (TPSA) is 100 Å². The average Bonchev–Trinajstić information content (AvgIpc) is 3.16. The maximum atomic E-state index is 13.5. The smallest absolute Gasteiger partial charge is 0.344 e. The van der Waals surface area contributed by atoms with Gasteiger partial charge < -0.3 is 18.9 Å².